The second-order valence-electron chi connectivity index (χ2n) is 9.41. The third-order valence-electron chi connectivity index (χ3n) is 7.07. The van der Waals surface area contributed by atoms with Crippen molar-refractivity contribution >= 4 is 20.7 Å². The molecule has 2 aromatic carbocycles. The van der Waals surface area contributed by atoms with Crippen LogP contribution in [0.4, 0.5) is 4.39 Å². The highest BCUT2D eigenvalue weighted by molar-refractivity contribution is 7.90. The molecule has 0 bridgehead atoms. The van der Waals surface area contributed by atoms with E-state index in [1.165, 1.54) is 25.0 Å². The number of ether oxygens (including phenoxy) is 1. The predicted molar refractivity (Wildman–Crippen MR) is 129 cm³/mol. The molecule has 2 aliphatic rings. The molecule has 2 fully saturated rings. The number of benzene rings is 2. The first kappa shape index (κ1) is 22.1. The maximum Gasteiger partial charge on any atom is 0.233 e. The van der Waals surface area contributed by atoms with Gasteiger partial charge in [0.25, 0.3) is 0 Å². The van der Waals surface area contributed by atoms with E-state index in [2.05, 4.69) is 25.5 Å². The van der Waals surface area contributed by atoms with Crippen molar-refractivity contribution in [3.8, 4) is 28.4 Å². The minimum Gasteiger partial charge on any atom is -0.471 e. The molecule has 6 rings (SSSR count). The number of hydrogen-bond acceptors (Lipinski definition) is 7. The van der Waals surface area contributed by atoms with Crippen molar-refractivity contribution in [2.75, 3.05) is 19.3 Å². The number of aromatic nitrogens is 4. The third-order valence-corrected chi connectivity index (χ3v) is 8.18. The van der Waals surface area contributed by atoms with Gasteiger partial charge in [0.05, 0.1) is 22.8 Å². The molecule has 0 unspecified atom stereocenters. The van der Waals surface area contributed by atoms with Crippen LogP contribution in [-0.2, 0) is 9.84 Å². The Labute approximate surface area is 201 Å². The Balaban J connectivity index is 1.34. The quantitative estimate of drug-likeness (QED) is 0.436. The van der Waals surface area contributed by atoms with Gasteiger partial charge in [-0.1, -0.05) is 12.1 Å². The number of nitrogens with zero attached hydrogens (tertiary/aromatic N) is 3. The van der Waals surface area contributed by atoms with Gasteiger partial charge >= 0.3 is 0 Å². The van der Waals surface area contributed by atoms with Crippen LogP contribution < -0.4 is 10.1 Å². The number of sulfone groups is 1. The lowest BCUT2D eigenvalue weighted by molar-refractivity contribution is 0.0844. The van der Waals surface area contributed by atoms with E-state index in [-0.39, 0.29) is 16.4 Å². The number of hydrogen-bond donors (Lipinski definition) is 2. The van der Waals surface area contributed by atoms with Gasteiger partial charge in [0.1, 0.15) is 23.3 Å². The number of aromatic amines is 1. The van der Waals surface area contributed by atoms with Crippen molar-refractivity contribution in [1.29, 1.82) is 0 Å². The van der Waals surface area contributed by atoms with Crippen LogP contribution in [0, 0.1) is 11.2 Å². The van der Waals surface area contributed by atoms with Gasteiger partial charge < -0.3 is 10.1 Å². The smallest absolute Gasteiger partial charge is 0.233 e. The first-order valence-electron chi connectivity index (χ1n) is 11.5. The van der Waals surface area contributed by atoms with Crippen LogP contribution in [0.5, 0.6) is 5.88 Å². The second-order valence-corrected chi connectivity index (χ2v) is 11.4. The highest BCUT2D eigenvalue weighted by atomic mass is 32.2. The van der Waals surface area contributed by atoms with Crippen LogP contribution in [-0.4, -0.2) is 54.0 Å². The van der Waals surface area contributed by atoms with Gasteiger partial charge in [-0.15, -0.1) is 0 Å². The highest BCUT2D eigenvalue weighted by Crippen LogP contribution is 2.53. The average Bonchev–Trinajstić information content (AvgIpc) is 3.48. The van der Waals surface area contributed by atoms with Gasteiger partial charge in [-0.3, -0.25) is 10.1 Å². The van der Waals surface area contributed by atoms with Crippen LogP contribution in [0.2, 0.25) is 0 Å². The molecule has 0 radical (unpaired) electrons. The molecule has 0 amide bonds. The van der Waals surface area contributed by atoms with E-state index in [1.54, 1.807) is 18.5 Å². The minimum atomic E-state index is -3.50. The number of H-pyrrole nitrogens is 1. The molecule has 1 spiro atoms. The summed E-state index contributed by atoms with van der Waals surface area (Å²) in [5, 5.41) is 11.6. The van der Waals surface area contributed by atoms with Crippen molar-refractivity contribution in [2.45, 2.75) is 30.3 Å². The first-order valence-corrected chi connectivity index (χ1v) is 13.4. The van der Waals surface area contributed by atoms with Gasteiger partial charge in [0.15, 0.2) is 9.84 Å². The van der Waals surface area contributed by atoms with Gasteiger partial charge in [-0.05, 0) is 55.6 Å². The molecule has 35 heavy (non-hydrogen) atoms. The van der Waals surface area contributed by atoms with Gasteiger partial charge in [-0.2, -0.15) is 5.10 Å². The van der Waals surface area contributed by atoms with Gasteiger partial charge in [0.2, 0.25) is 5.88 Å². The summed E-state index contributed by atoms with van der Waals surface area (Å²) in [4.78, 5) is 8.95. The number of nitrogens with one attached hydrogen (secondary N) is 2. The maximum absolute atomic E-state index is 14.8. The fourth-order valence-electron chi connectivity index (χ4n) is 4.85. The Morgan fingerprint density at radius 1 is 1.11 bits per heavy atom. The van der Waals surface area contributed by atoms with Crippen LogP contribution in [0.1, 0.15) is 19.3 Å². The number of piperidine rings is 1. The summed E-state index contributed by atoms with van der Waals surface area (Å²) in [5.41, 5.74) is 3.05. The third kappa shape index (κ3) is 4.06. The molecule has 1 saturated carbocycles. The van der Waals surface area contributed by atoms with Crippen molar-refractivity contribution in [1.82, 2.24) is 25.5 Å². The maximum atomic E-state index is 14.8. The Morgan fingerprint density at radius 2 is 1.97 bits per heavy atom. The van der Waals surface area contributed by atoms with Crippen molar-refractivity contribution in [3.05, 3.63) is 54.6 Å². The molecule has 180 valence electrons. The fourth-order valence-corrected chi connectivity index (χ4v) is 5.48. The lowest BCUT2D eigenvalue weighted by Gasteiger charge is -2.32. The highest BCUT2D eigenvalue weighted by Gasteiger charge is 2.52. The lowest BCUT2D eigenvalue weighted by atomic mass is 9.92. The van der Waals surface area contributed by atoms with E-state index in [0.29, 0.717) is 28.4 Å². The van der Waals surface area contributed by atoms with E-state index >= 15 is 0 Å². The van der Waals surface area contributed by atoms with Crippen molar-refractivity contribution in [3.63, 3.8) is 0 Å². The van der Waals surface area contributed by atoms with Crippen LogP contribution in [0.15, 0.2) is 53.7 Å². The minimum absolute atomic E-state index is 0.0583. The zero-order valence-corrected chi connectivity index (χ0v) is 19.9. The predicted octanol–water partition coefficient (Wildman–Crippen LogP) is 3.75. The van der Waals surface area contributed by atoms with Gasteiger partial charge in [-0.25, -0.2) is 17.8 Å². The lowest BCUT2D eigenvalue weighted by Crippen LogP contribution is -2.45. The molecule has 2 N–H and O–H groups in total. The topological polar surface area (TPSA) is 110 Å². The average molecular weight is 494 g/mol. The van der Waals surface area contributed by atoms with E-state index in [1.807, 2.05) is 12.1 Å². The molecule has 1 aliphatic heterocycles. The van der Waals surface area contributed by atoms with Crippen molar-refractivity contribution in [2.24, 2.45) is 5.41 Å². The SMILES string of the molecule is CS(=O)(=O)c1ccc(-c2ccc3[nH]nc(-c4cncc(O[C@H]5CNCCC56CC6)n4)c3c2)c(F)c1. The van der Waals surface area contributed by atoms with E-state index in [9.17, 15) is 12.8 Å². The van der Waals surface area contributed by atoms with Crippen LogP contribution in [0.3, 0.4) is 0 Å². The summed E-state index contributed by atoms with van der Waals surface area (Å²) in [6, 6.07) is 9.32. The molecule has 10 heteroatoms. The molecular formula is C25H24FN5O3S. The van der Waals surface area contributed by atoms with E-state index < -0.39 is 15.7 Å². The summed E-state index contributed by atoms with van der Waals surface area (Å²) >= 11 is 0. The zero-order valence-electron chi connectivity index (χ0n) is 19.1. The molecule has 8 nitrogen and oxygen atoms in total. The molecule has 4 aromatic rings. The summed E-state index contributed by atoms with van der Waals surface area (Å²) < 4.78 is 44.6. The monoisotopic (exact) mass is 493 g/mol. The molecule has 2 aromatic heterocycles. The number of fused-ring (bicyclic) bond motifs is 1. The van der Waals surface area contributed by atoms with Gasteiger partial charge in [0, 0.05) is 29.2 Å². The zero-order chi connectivity index (χ0) is 24.2. The Kier molecular flexibility index (Phi) is 5.12. The molecule has 1 atom stereocenters. The Morgan fingerprint density at radius 3 is 2.74 bits per heavy atom. The molecule has 1 aliphatic carbocycles. The summed E-state index contributed by atoms with van der Waals surface area (Å²) in [6.07, 6.45) is 7.84. The summed E-state index contributed by atoms with van der Waals surface area (Å²) in [6.45, 7) is 1.81. The number of halogens is 1. The van der Waals surface area contributed by atoms with Crippen LogP contribution in [0.25, 0.3) is 33.4 Å². The standard InChI is InChI=1S/C25H24FN5O3S/c1-35(32,33)16-3-4-17(19(26)11-16)15-2-5-20-18(10-15)24(31-30-20)21-12-28-14-23(29-21)34-22-13-27-9-8-25(22)6-7-25/h2-5,10-12,14,22,27H,6-9,13H2,1H3,(H,30,31)/t22-/m0/s1. The second kappa shape index (κ2) is 8.10. The first-order chi connectivity index (χ1) is 16.8. The van der Waals surface area contributed by atoms with E-state index in [4.69, 9.17) is 4.74 Å². The Hall–Kier alpha value is -3.37. The fraction of sp³-hybridized carbons (Fsp3) is 0.320. The normalized spacial score (nSPS) is 19.2. The summed E-state index contributed by atoms with van der Waals surface area (Å²) in [5.74, 6) is -0.153. The van der Waals surface area contributed by atoms with Crippen molar-refractivity contribution < 1.29 is 17.5 Å². The molecular weight excluding hydrogens is 469 g/mol. The summed E-state index contributed by atoms with van der Waals surface area (Å²) in [7, 11) is -3.50. The Bertz CT molecular complexity index is 1550. The number of rotatable bonds is 5. The van der Waals surface area contributed by atoms with E-state index in [0.717, 1.165) is 42.7 Å². The van der Waals surface area contributed by atoms with Crippen LogP contribution >= 0.6 is 0 Å². The molecule has 1 saturated heterocycles. The largest absolute Gasteiger partial charge is 0.471 e. The molecule has 3 heterocycles.